The number of aromatic amines is 1. The largest absolute Gasteiger partial charge is 0.497 e. The van der Waals surface area contributed by atoms with Crippen LogP contribution in [0.4, 0.5) is 0 Å². The molecule has 1 aliphatic heterocycles. The minimum atomic E-state index is 0.417. The Balaban J connectivity index is 1.77. The second-order valence-corrected chi connectivity index (χ2v) is 7.74. The van der Waals surface area contributed by atoms with Crippen molar-refractivity contribution >= 4 is 11.8 Å². The first kappa shape index (κ1) is 17.4. The van der Waals surface area contributed by atoms with E-state index in [0.29, 0.717) is 11.3 Å². The van der Waals surface area contributed by atoms with Crippen LogP contribution in [0.2, 0.25) is 0 Å². The highest BCUT2D eigenvalue weighted by molar-refractivity contribution is 7.99. The van der Waals surface area contributed by atoms with E-state index >= 15 is 0 Å². The van der Waals surface area contributed by atoms with Crippen LogP contribution in [-0.4, -0.2) is 46.6 Å². The number of aromatic nitrogens is 2. The van der Waals surface area contributed by atoms with Crippen molar-refractivity contribution in [3.63, 3.8) is 0 Å². The molecule has 130 valence electrons. The Morgan fingerprint density at radius 1 is 1.33 bits per heavy atom. The average molecular weight is 346 g/mol. The highest BCUT2D eigenvalue weighted by Gasteiger charge is 2.27. The van der Waals surface area contributed by atoms with Gasteiger partial charge in [-0.2, -0.15) is 11.8 Å². The lowest BCUT2D eigenvalue weighted by Crippen LogP contribution is -2.37. The van der Waals surface area contributed by atoms with Gasteiger partial charge in [-0.1, -0.05) is 13.3 Å². The molecular weight excluding hydrogens is 318 g/mol. The quantitative estimate of drug-likeness (QED) is 0.844. The molecule has 3 rings (SSSR count). The van der Waals surface area contributed by atoms with E-state index in [1.165, 1.54) is 25.8 Å². The minimum Gasteiger partial charge on any atom is -0.497 e. The van der Waals surface area contributed by atoms with Crippen molar-refractivity contribution < 1.29 is 4.74 Å². The maximum absolute atomic E-state index is 5.23. The Hall–Kier alpha value is -1.46. The average Bonchev–Trinajstić information content (AvgIpc) is 3.12. The molecule has 0 radical (unpaired) electrons. The molecular formula is C19H27N3OS. The van der Waals surface area contributed by atoms with Crippen molar-refractivity contribution in [2.45, 2.75) is 37.5 Å². The van der Waals surface area contributed by atoms with Crippen LogP contribution in [0.5, 0.6) is 5.75 Å². The Bertz CT molecular complexity index is 640. The number of rotatable bonds is 6. The van der Waals surface area contributed by atoms with Crippen molar-refractivity contribution in [1.82, 2.24) is 14.9 Å². The van der Waals surface area contributed by atoms with E-state index in [1.807, 2.05) is 30.1 Å². The summed E-state index contributed by atoms with van der Waals surface area (Å²) in [6, 6.07) is 8.54. The summed E-state index contributed by atoms with van der Waals surface area (Å²) in [4.78, 5) is 10.9. The summed E-state index contributed by atoms with van der Waals surface area (Å²) in [7, 11) is 1.69. The first-order valence-corrected chi connectivity index (χ1v) is 9.96. The van der Waals surface area contributed by atoms with Crippen molar-refractivity contribution in [2.75, 3.05) is 26.5 Å². The number of hydrogen-bond acceptors (Lipinski definition) is 4. The molecule has 24 heavy (non-hydrogen) atoms. The van der Waals surface area contributed by atoms with E-state index in [4.69, 9.17) is 9.72 Å². The Labute approximate surface area is 149 Å². The molecule has 0 amide bonds. The highest BCUT2D eigenvalue weighted by Crippen LogP contribution is 2.31. The summed E-state index contributed by atoms with van der Waals surface area (Å²) in [6.07, 6.45) is 7.92. The lowest BCUT2D eigenvalue weighted by atomic mass is 10.0. The molecule has 0 spiro atoms. The first-order valence-electron chi connectivity index (χ1n) is 8.67. The van der Waals surface area contributed by atoms with E-state index in [2.05, 4.69) is 35.2 Å². The maximum atomic E-state index is 5.23. The third-order valence-electron chi connectivity index (χ3n) is 4.82. The molecule has 0 saturated carbocycles. The number of thioether (sulfide) groups is 1. The number of methoxy groups -OCH3 is 1. The molecule has 4 nitrogen and oxygen atoms in total. The zero-order valence-electron chi connectivity index (χ0n) is 14.8. The molecule has 1 saturated heterocycles. The van der Waals surface area contributed by atoms with Crippen LogP contribution in [0.3, 0.4) is 0 Å². The van der Waals surface area contributed by atoms with Crippen LogP contribution in [-0.2, 0) is 0 Å². The Morgan fingerprint density at radius 3 is 2.83 bits per heavy atom. The molecule has 0 bridgehead atoms. The van der Waals surface area contributed by atoms with Gasteiger partial charge in [-0.05, 0) is 55.5 Å². The number of imidazole rings is 1. The third kappa shape index (κ3) is 3.95. The fourth-order valence-corrected chi connectivity index (χ4v) is 3.69. The number of nitrogens with one attached hydrogen (secondary N) is 1. The van der Waals surface area contributed by atoms with Crippen LogP contribution in [0.25, 0.3) is 11.3 Å². The second kappa shape index (κ2) is 8.08. The summed E-state index contributed by atoms with van der Waals surface area (Å²) in [5, 5.41) is 0.654. The lowest BCUT2D eigenvalue weighted by Gasteiger charge is -2.35. The van der Waals surface area contributed by atoms with Gasteiger partial charge in [0.05, 0.1) is 25.0 Å². The second-order valence-electron chi connectivity index (χ2n) is 6.46. The molecule has 2 unspecified atom stereocenters. The fraction of sp³-hybridized carbons (Fsp3) is 0.526. The summed E-state index contributed by atoms with van der Waals surface area (Å²) in [5.74, 6) is 1.98. The molecule has 0 aliphatic carbocycles. The van der Waals surface area contributed by atoms with Gasteiger partial charge >= 0.3 is 0 Å². The van der Waals surface area contributed by atoms with E-state index < -0.39 is 0 Å². The molecule has 2 atom stereocenters. The molecule has 5 heteroatoms. The molecule has 1 aromatic heterocycles. The van der Waals surface area contributed by atoms with E-state index in [-0.39, 0.29) is 0 Å². The van der Waals surface area contributed by atoms with Crippen LogP contribution in [0, 0.1) is 0 Å². The number of ether oxygens (including phenoxy) is 1. The van der Waals surface area contributed by atoms with E-state index in [0.717, 1.165) is 29.4 Å². The first-order chi connectivity index (χ1) is 11.7. The minimum absolute atomic E-state index is 0.417. The topological polar surface area (TPSA) is 41.1 Å². The summed E-state index contributed by atoms with van der Waals surface area (Å²) in [5.41, 5.74) is 2.23. The number of piperidine rings is 1. The monoisotopic (exact) mass is 345 g/mol. The van der Waals surface area contributed by atoms with Gasteiger partial charge in [-0.25, -0.2) is 4.98 Å². The number of hydrogen-bond donors (Lipinski definition) is 1. The molecule has 1 N–H and O–H groups in total. The summed E-state index contributed by atoms with van der Waals surface area (Å²) < 4.78 is 5.23. The summed E-state index contributed by atoms with van der Waals surface area (Å²) >= 11 is 1.94. The van der Waals surface area contributed by atoms with Crippen LogP contribution < -0.4 is 4.74 Å². The van der Waals surface area contributed by atoms with Crippen LogP contribution in [0.15, 0.2) is 30.5 Å². The molecule has 1 aliphatic rings. The lowest BCUT2D eigenvalue weighted by molar-refractivity contribution is 0.145. The third-order valence-corrected chi connectivity index (χ3v) is 5.77. The molecule has 1 aromatic carbocycles. The predicted octanol–water partition coefficient (Wildman–Crippen LogP) is 4.36. The van der Waals surface area contributed by atoms with Gasteiger partial charge in [0.25, 0.3) is 0 Å². The van der Waals surface area contributed by atoms with Crippen LogP contribution in [0.1, 0.15) is 38.1 Å². The van der Waals surface area contributed by atoms with E-state index in [9.17, 15) is 0 Å². The van der Waals surface area contributed by atoms with Gasteiger partial charge in [-0.15, -0.1) is 0 Å². The van der Waals surface area contributed by atoms with Crippen molar-refractivity contribution in [1.29, 1.82) is 0 Å². The van der Waals surface area contributed by atoms with Crippen molar-refractivity contribution in [2.24, 2.45) is 0 Å². The zero-order chi connectivity index (χ0) is 16.9. The van der Waals surface area contributed by atoms with Gasteiger partial charge in [0.15, 0.2) is 0 Å². The molecule has 2 heterocycles. The van der Waals surface area contributed by atoms with Gasteiger partial charge in [-0.3, -0.25) is 4.90 Å². The van der Waals surface area contributed by atoms with Crippen molar-refractivity contribution in [3.05, 3.63) is 36.3 Å². The smallest absolute Gasteiger partial charge is 0.123 e. The zero-order valence-corrected chi connectivity index (χ0v) is 15.6. The van der Waals surface area contributed by atoms with Gasteiger partial charge in [0, 0.05) is 11.8 Å². The predicted molar refractivity (Wildman–Crippen MR) is 102 cm³/mol. The van der Waals surface area contributed by atoms with E-state index in [1.54, 1.807) is 7.11 Å². The highest BCUT2D eigenvalue weighted by atomic mass is 32.2. The van der Waals surface area contributed by atoms with Crippen LogP contribution >= 0.6 is 11.8 Å². The normalized spacial score (nSPS) is 20.0. The molecule has 1 fully saturated rings. The summed E-state index contributed by atoms with van der Waals surface area (Å²) in [6.45, 7) is 4.61. The maximum Gasteiger partial charge on any atom is 0.123 e. The standard InChI is InChI=1S/C19H27N3OS/c1-14(24-3)13-22-11-5-4-6-18(22)19-20-12-17(21-19)15-7-9-16(23-2)10-8-15/h7-10,12,14,18H,4-6,11,13H2,1-3H3,(H,20,21). The fourth-order valence-electron chi connectivity index (χ4n) is 3.35. The van der Waals surface area contributed by atoms with Gasteiger partial charge < -0.3 is 9.72 Å². The Kier molecular flexibility index (Phi) is 5.85. The van der Waals surface area contributed by atoms with Gasteiger partial charge in [0.1, 0.15) is 11.6 Å². The SMILES string of the molecule is COc1ccc(-c2cnc(C3CCCCN3CC(C)SC)[nH]2)cc1. The number of H-pyrrole nitrogens is 1. The molecule has 2 aromatic rings. The number of benzene rings is 1. The number of likely N-dealkylation sites (tertiary alicyclic amines) is 1. The van der Waals surface area contributed by atoms with Crippen molar-refractivity contribution in [3.8, 4) is 17.0 Å². The van der Waals surface area contributed by atoms with Gasteiger partial charge in [0.2, 0.25) is 0 Å². The number of nitrogens with zero attached hydrogens (tertiary/aromatic N) is 2. The Morgan fingerprint density at radius 2 is 2.12 bits per heavy atom.